The van der Waals surface area contributed by atoms with Crippen molar-refractivity contribution in [1.29, 1.82) is 0 Å². The molecule has 116 valence electrons. The summed E-state index contributed by atoms with van der Waals surface area (Å²) in [6, 6.07) is 3.69. The molecule has 0 heterocycles. The van der Waals surface area contributed by atoms with Gasteiger partial charge in [0.2, 0.25) is 0 Å². The van der Waals surface area contributed by atoms with E-state index in [9.17, 15) is 14.9 Å². The summed E-state index contributed by atoms with van der Waals surface area (Å²) in [7, 11) is 0. The molecule has 1 atom stereocenters. The Labute approximate surface area is 126 Å². The zero-order chi connectivity index (χ0) is 15.8. The highest BCUT2D eigenvalue weighted by Crippen LogP contribution is 2.28. The van der Waals surface area contributed by atoms with Crippen LogP contribution in [0.25, 0.3) is 0 Å². The van der Waals surface area contributed by atoms with Crippen LogP contribution in [0.5, 0.6) is 5.75 Å². The number of nitro benzene ring substituents is 1. The molecule has 0 aliphatic rings. The minimum atomic E-state index is -0.778. The molecule has 0 N–H and O–H groups in total. The van der Waals surface area contributed by atoms with Crippen LogP contribution in [-0.4, -0.2) is 36.8 Å². The summed E-state index contributed by atoms with van der Waals surface area (Å²) in [5.74, 6) is -0.493. The van der Waals surface area contributed by atoms with E-state index < -0.39 is 17.0 Å². The van der Waals surface area contributed by atoms with E-state index in [0.29, 0.717) is 13.2 Å². The van der Waals surface area contributed by atoms with E-state index in [1.807, 2.05) is 6.92 Å². The van der Waals surface area contributed by atoms with Crippen molar-refractivity contribution in [1.82, 2.24) is 0 Å². The van der Waals surface area contributed by atoms with Gasteiger partial charge in [-0.3, -0.25) is 10.1 Å². The molecular formula is C13H16ClNO6. The van der Waals surface area contributed by atoms with Crippen LogP contribution in [0.3, 0.4) is 0 Å². The van der Waals surface area contributed by atoms with E-state index in [0.717, 1.165) is 0 Å². The Kier molecular flexibility index (Phi) is 7.07. The Morgan fingerprint density at radius 2 is 2.14 bits per heavy atom. The maximum atomic E-state index is 11.7. The maximum absolute atomic E-state index is 11.7. The van der Waals surface area contributed by atoms with Gasteiger partial charge >= 0.3 is 5.97 Å². The van der Waals surface area contributed by atoms with Crippen molar-refractivity contribution in [2.24, 2.45) is 0 Å². The molecule has 1 aromatic rings. The zero-order valence-electron chi connectivity index (χ0n) is 11.7. The van der Waals surface area contributed by atoms with Gasteiger partial charge in [-0.1, -0.05) is 11.6 Å². The third-order valence-electron chi connectivity index (χ3n) is 2.47. The predicted octanol–water partition coefficient (Wildman–Crippen LogP) is 2.60. The lowest BCUT2D eigenvalue weighted by atomic mass is 10.3. The molecule has 0 aliphatic heterocycles. The van der Waals surface area contributed by atoms with Crippen molar-refractivity contribution < 1.29 is 23.9 Å². The lowest BCUT2D eigenvalue weighted by Crippen LogP contribution is -2.27. The molecule has 0 spiro atoms. The number of esters is 1. The first-order valence-electron chi connectivity index (χ1n) is 6.30. The highest BCUT2D eigenvalue weighted by molar-refractivity contribution is 6.32. The van der Waals surface area contributed by atoms with Crippen molar-refractivity contribution >= 4 is 23.3 Å². The van der Waals surface area contributed by atoms with Crippen LogP contribution >= 0.6 is 11.6 Å². The molecule has 0 radical (unpaired) electrons. The Bertz CT molecular complexity index is 507. The molecule has 1 aromatic carbocycles. The van der Waals surface area contributed by atoms with Gasteiger partial charge in [0, 0.05) is 18.7 Å². The molecule has 0 aliphatic carbocycles. The van der Waals surface area contributed by atoms with Gasteiger partial charge in [0.15, 0.2) is 6.10 Å². The van der Waals surface area contributed by atoms with Crippen molar-refractivity contribution in [3.63, 3.8) is 0 Å². The molecule has 0 amide bonds. The average molecular weight is 318 g/mol. The number of carbonyl (C=O) groups excluding carboxylic acids is 1. The summed E-state index contributed by atoms with van der Waals surface area (Å²) in [6.07, 6.45) is -0.778. The maximum Gasteiger partial charge on any atom is 0.340 e. The number of benzene rings is 1. The molecule has 7 nitrogen and oxygen atoms in total. The van der Waals surface area contributed by atoms with Crippen LogP contribution in [0.2, 0.25) is 5.02 Å². The summed E-state index contributed by atoms with van der Waals surface area (Å²) >= 11 is 5.73. The van der Waals surface area contributed by atoms with Gasteiger partial charge in [0.05, 0.1) is 18.1 Å². The van der Waals surface area contributed by atoms with E-state index in [-0.39, 0.29) is 23.1 Å². The van der Waals surface area contributed by atoms with Gasteiger partial charge in [0.1, 0.15) is 10.8 Å². The Morgan fingerprint density at radius 3 is 2.71 bits per heavy atom. The number of nitrogens with zero attached hydrogens (tertiary/aromatic N) is 1. The minimum absolute atomic E-state index is 0.102. The van der Waals surface area contributed by atoms with Gasteiger partial charge in [-0.25, -0.2) is 4.79 Å². The number of carbonyl (C=O) groups is 1. The predicted molar refractivity (Wildman–Crippen MR) is 75.6 cm³/mol. The molecular weight excluding hydrogens is 302 g/mol. The summed E-state index contributed by atoms with van der Waals surface area (Å²) in [5.41, 5.74) is -0.252. The first-order chi connectivity index (χ1) is 9.95. The van der Waals surface area contributed by atoms with Crippen LogP contribution in [0, 0.1) is 10.1 Å². The summed E-state index contributed by atoms with van der Waals surface area (Å²) in [4.78, 5) is 21.7. The normalized spacial score (nSPS) is 12.0. The molecule has 0 fully saturated rings. The quantitative estimate of drug-likeness (QED) is 0.241. The first kappa shape index (κ1) is 17.4. The molecule has 0 saturated heterocycles. The van der Waals surface area contributed by atoms with E-state index in [2.05, 4.69) is 0 Å². The highest BCUT2D eigenvalue weighted by atomic mass is 35.5. The fourth-order valence-electron chi connectivity index (χ4n) is 1.39. The minimum Gasteiger partial charge on any atom is -0.425 e. The van der Waals surface area contributed by atoms with Gasteiger partial charge in [0.25, 0.3) is 5.69 Å². The van der Waals surface area contributed by atoms with Gasteiger partial charge in [-0.2, -0.15) is 0 Å². The van der Waals surface area contributed by atoms with E-state index in [1.165, 1.54) is 18.2 Å². The standard InChI is InChI=1S/C13H16ClNO6/c1-3-19-6-7-20-9(2)13(16)21-10-4-5-12(15(17)18)11(14)8-10/h4-5,8-9H,3,6-7H2,1-2H3. The SMILES string of the molecule is CCOCCOC(C)C(=O)Oc1ccc([N+](=O)[O-])c(Cl)c1. The topological polar surface area (TPSA) is 87.9 Å². The molecule has 0 aromatic heterocycles. The monoisotopic (exact) mass is 317 g/mol. The van der Waals surface area contributed by atoms with Crippen LogP contribution in [0.4, 0.5) is 5.69 Å². The van der Waals surface area contributed by atoms with E-state index >= 15 is 0 Å². The number of ether oxygens (including phenoxy) is 3. The number of rotatable bonds is 8. The van der Waals surface area contributed by atoms with Crippen LogP contribution in [0.15, 0.2) is 18.2 Å². The second kappa shape index (κ2) is 8.56. The summed E-state index contributed by atoms with van der Waals surface area (Å²) in [6.45, 7) is 4.63. The average Bonchev–Trinajstić information content (AvgIpc) is 2.43. The second-order valence-corrected chi connectivity index (χ2v) is 4.41. The second-order valence-electron chi connectivity index (χ2n) is 4.00. The molecule has 0 bridgehead atoms. The number of hydrogen-bond donors (Lipinski definition) is 0. The van der Waals surface area contributed by atoms with Gasteiger partial charge in [-0.15, -0.1) is 0 Å². The largest absolute Gasteiger partial charge is 0.425 e. The fourth-order valence-corrected chi connectivity index (χ4v) is 1.63. The highest BCUT2D eigenvalue weighted by Gasteiger charge is 2.18. The van der Waals surface area contributed by atoms with Crippen LogP contribution < -0.4 is 4.74 Å². The summed E-state index contributed by atoms with van der Waals surface area (Å²) in [5, 5.41) is 10.5. The Balaban J connectivity index is 2.54. The summed E-state index contributed by atoms with van der Waals surface area (Å²) < 4.78 is 15.3. The molecule has 1 rings (SSSR count). The molecule has 0 saturated carbocycles. The van der Waals surface area contributed by atoms with Crippen molar-refractivity contribution in [2.45, 2.75) is 20.0 Å². The fraction of sp³-hybridized carbons (Fsp3) is 0.462. The number of hydrogen-bond acceptors (Lipinski definition) is 6. The number of halogens is 1. The van der Waals surface area contributed by atoms with Crippen molar-refractivity contribution in [2.75, 3.05) is 19.8 Å². The molecule has 8 heteroatoms. The third-order valence-corrected chi connectivity index (χ3v) is 2.77. The van der Waals surface area contributed by atoms with Gasteiger partial charge in [-0.05, 0) is 19.9 Å². The van der Waals surface area contributed by atoms with Crippen molar-refractivity contribution in [3.8, 4) is 5.75 Å². The smallest absolute Gasteiger partial charge is 0.340 e. The lowest BCUT2D eigenvalue weighted by Gasteiger charge is -2.12. The Morgan fingerprint density at radius 1 is 1.43 bits per heavy atom. The van der Waals surface area contributed by atoms with Crippen LogP contribution in [0.1, 0.15) is 13.8 Å². The number of nitro groups is 1. The van der Waals surface area contributed by atoms with E-state index in [1.54, 1.807) is 6.92 Å². The Hall–Kier alpha value is -1.70. The molecule has 21 heavy (non-hydrogen) atoms. The third kappa shape index (κ3) is 5.66. The van der Waals surface area contributed by atoms with E-state index in [4.69, 9.17) is 25.8 Å². The zero-order valence-corrected chi connectivity index (χ0v) is 12.5. The lowest BCUT2D eigenvalue weighted by molar-refractivity contribution is -0.384. The van der Waals surface area contributed by atoms with Crippen LogP contribution in [-0.2, 0) is 14.3 Å². The van der Waals surface area contributed by atoms with Crippen molar-refractivity contribution in [3.05, 3.63) is 33.3 Å². The van der Waals surface area contributed by atoms with Gasteiger partial charge < -0.3 is 14.2 Å². The molecule has 1 unspecified atom stereocenters. The first-order valence-corrected chi connectivity index (χ1v) is 6.68.